The minimum absolute atomic E-state index is 0.0993. The fourth-order valence-electron chi connectivity index (χ4n) is 3.21. The topological polar surface area (TPSA) is 50.3 Å². The maximum absolute atomic E-state index is 13.0. The molecule has 2 heterocycles. The molecule has 1 aromatic heterocycles. The van der Waals surface area contributed by atoms with Crippen LogP contribution >= 0.6 is 0 Å². The maximum atomic E-state index is 13.0. The Kier molecular flexibility index (Phi) is 3.99. The van der Waals surface area contributed by atoms with E-state index < -0.39 is 5.41 Å². The quantitative estimate of drug-likeness (QED) is 0.816. The molecule has 0 saturated carbocycles. The summed E-state index contributed by atoms with van der Waals surface area (Å²) in [6.07, 6.45) is 4.23. The van der Waals surface area contributed by atoms with E-state index in [1.807, 2.05) is 50.2 Å². The van der Waals surface area contributed by atoms with Gasteiger partial charge in [-0.3, -0.25) is 19.5 Å². The number of hydrogen-bond donors (Lipinski definition) is 0. The number of rotatable bonds is 4. The number of pyridine rings is 1. The third-order valence-corrected chi connectivity index (χ3v) is 4.68. The smallest absolute Gasteiger partial charge is 0.240 e. The van der Waals surface area contributed by atoms with E-state index in [0.29, 0.717) is 13.0 Å². The summed E-state index contributed by atoms with van der Waals surface area (Å²) in [4.78, 5) is 31.0. The molecule has 1 aliphatic rings. The second-order valence-electron chi connectivity index (χ2n) is 6.12. The predicted octanol–water partition coefficient (Wildman–Crippen LogP) is 3.00. The van der Waals surface area contributed by atoms with Crippen molar-refractivity contribution >= 4 is 11.8 Å². The number of benzene rings is 1. The lowest BCUT2D eigenvalue weighted by Gasteiger charge is -2.26. The Hall–Kier alpha value is -2.49. The Labute approximate surface area is 136 Å². The van der Waals surface area contributed by atoms with Gasteiger partial charge in [-0.1, -0.05) is 42.8 Å². The number of nitrogens with zero attached hydrogens (tertiary/aromatic N) is 2. The van der Waals surface area contributed by atoms with Gasteiger partial charge in [-0.05, 0) is 30.5 Å². The van der Waals surface area contributed by atoms with Crippen LogP contribution in [0.25, 0.3) is 0 Å². The summed E-state index contributed by atoms with van der Waals surface area (Å²) >= 11 is 0. The molecule has 3 rings (SSSR count). The maximum Gasteiger partial charge on any atom is 0.240 e. The summed E-state index contributed by atoms with van der Waals surface area (Å²) < 4.78 is 0. The molecule has 1 saturated heterocycles. The average Bonchev–Trinajstić information content (AvgIpc) is 2.82. The highest BCUT2D eigenvalue weighted by molar-refractivity contribution is 6.09. The standard InChI is InChI=1S/C19H20N2O2/c1-3-19(16-8-6-14(2)7-9-16)11-17(22)21(18(19)23)13-15-5-4-10-20-12-15/h4-10,12H,3,11,13H2,1-2H3. The Bertz CT molecular complexity index is 725. The molecular weight excluding hydrogens is 288 g/mol. The first-order valence-electron chi connectivity index (χ1n) is 7.87. The van der Waals surface area contributed by atoms with E-state index in [1.165, 1.54) is 4.90 Å². The highest BCUT2D eigenvalue weighted by Gasteiger charge is 2.51. The Morgan fingerprint density at radius 3 is 2.52 bits per heavy atom. The molecule has 118 valence electrons. The van der Waals surface area contributed by atoms with E-state index in [4.69, 9.17) is 0 Å². The van der Waals surface area contributed by atoms with Crippen LogP contribution in [0.3, 0.4) is 0 Å². The van der Waals surface area contributed by atoms with Gasteiger partial charge in [0.05, 0.1) is 12.0 Å². The molecule has 1 atom stereocenters. The van der Waals surface area contributed by atoms with E-state index in [0.717, 1.165) is 16.7 Å². The highest BCUT2D eigenvalue weighted by Crippen LogP contribution is 2.40. The van der Waals surface area contributed by atoms with Crippen LogP contribution in [-0.4, -0.2) is 21.7 Å². The van der Waals surface area contributed by atoms with Crippen LogP contribution in [0.2, 0.25) is 0 Å². The van der Waals surface area contributed by atoms with Gasteiger partial charge in [-0.15, -0.1) is 0 Å². The summed E-state index contributed by atoms with van der Waals surface area (Å²) in [5, 5.41) is 0. The number of carbonyl (C=O) groups is 2. The monoisotopic (exact) mass is 308 g/mol. The first kappa shape index (κ1) is 15.4. The second-order valence-corrected chi connectivity index (χ2v) is 6.12. The minimum Gasteiger partial charge on any atom is -0.277 e. The van der Waals surface area contributed by atoms with E-state index in [9.17, 15) is 9.59 Å². The van der Waals surface area contributed by atoms with Crippen LogP contribution in [0.4, 0.5) is 0 Å². The van der Waals surface area contributed by atoms with Gasteiger partial charge in [0.15, 0.2) is 0 Å². The molecule has 2 amide bonds. The minimum atomic E-state index is -0.729. The van der Waals surface area contributed by atoms with Crippen molar-refractivity contribution in [3.8, 4) is 0 Å². The largest absolute Gasteiger partial charge is 0.277 e. The SMILES string of the molecule is CCC1(c2ccc(C)cc2)CC(=O)N(Cc2cccnc2)C1=O. The normalized spacial score (nSPS) is 21.0. The van der Waals surface area contributed by atoms with E-state index in [1.54, 1.807) is 12.4 Å². The lowest BCUT2D eigenvalue weighted by molar-refractivity contribution is -0.140. The number of imide groups is 1. The predicted molar refractivity (Wildman–Crippen MR) is 87.6 cm³/mol. The van der Waals surface area contributed by atoms with E-state index in [2.05, 4.69) is 4.98 Å². The number of aromatic nitrogens is 1. The van der Waals surface area contributed by atoms with Gasteiger partial charge in [-0.2, -0.15) is 0 Å². The van der Waals surface area contributed by atoms with Gasteiger partial charge < -0.3 is 0 Å². The van der Waals surface area contributed by atoms with Gasteiger partial charge in [0.1, 0.15) is 0 Å². The van der Waals surface area contributed by atoms with Crippen LogP contribution in [0.1, 0.15) is 36.5 Å². The van der Waals surface area contributed by atoms with Gasteiger partial charge in [-0.25, -0.2) is 0 Å². The lowest BCUT2D eigenvalue weighted by atomic mass is 9.76. The summed E-state index contributed by atoms with van der Waals surface area (Å²) in [7, 11) is 0. The van der Waals surface area contributed by atoms with Crippen molar-refractivity contribution < 1.29 is 9.59 Å². The molecule has 4 heteroatoms. The zero-order chi connectivity index (χ0) is 16.4. The number of hydrogen-bond acceptors (Lipinski definition) is 3. The molecule has 0 N–H and O–H groups in total. The first-order chi connectivity index (χ1) is 11.1. The van der Waals surface area contributed by atoms with Crippen LogP contribution < -0.4 is 0 Å². The Morgan fingerprint density at radius 2 is 1.91 bits per heavy atom. The molecule has 1 aliphatic heterocycles. The van der Waals surface area contributed by atoms with Crippen LogP contribution in [0.5, 0.6) is 0 Å². The van der Waals surface area contributed by atoms with Crippen molar-refractivity contribution in [1.29, 1.82) is 0 Å². The third-order valence-electron chi connectivity index (χ3n) is 4.68. The molecule has 0 radical (unpaired) electrons. The molecule has 23 heavy (non-hydrogen) atoms. The first-order valence-corrected chi connectivity index (χ1v) is 7.87. The van der Waals surface area contributed by atoms with Gasteiger partial charge in [0.25, 0.3) is 0 Å². The van der Waals surface area contributed by atoms with Crippen molar-refractivity contribution in [1.82, 2.24) is 9.88 Å². The zero-order valence-electron chi connectivity index (χ0n) is 13.5. The molecule has 4 nitrogen and oxygen atoms in total. The van der Waals surface area contributed by atoms with Crippen molar-refractivity contribution in [3.63, 3.8) is 0 Å². The second kappa shape index (κ2) is 5.95. The molecule has 1 unspecified atom stereocenters. The Balaban J connectivity index is 1.93. The summed E-state index contributed by atoms with van der Waals surface area (Å²) in [6.45, 7) is 4.27. The number of likely N-dealkylation sites (tertiary alicyclic amines) is 1. The lowest BCUT2D eigenvalue weighted by Crippen LogP contribution is -2.37. The Morgan fingerprint density at radius 1 is 1.17 bits per heavy atom. The summed E-state index contributed by atoms with van der Waals surface area (Å²) in [5.74, 6) is -0.209. The molecule has 1 aromatic carbocycles. The van der Waals surface area contributed by atoms with Crippen molar-refractivity contribution in [2.24, 2.45) is 0 Å². The van der Waals surface area contributed by atoms with Crippen LogP contribution in [0, 0.1) is 6.92 Å². The fraction of sp³-hybridized carbons (Fsp3) is 0.316. The fourth-order valence-corrected chi connectivity index (χ4v) is 3.21. The van der Waals surface area contributed by atoms with Crippen LogP contribution in [0.15, 0.2) is 48.8 Å². The van der Waals surface area contributed by atoms with Gasteiger partial charge in [0.2, 0.25) is 11.8 Å². The van der Waals surface area contributed by atoms with Crippen molar-refractivity contribution in [3.05, 3.63) is 65.5 Å². The molecule has 1 fully saturated rings. The molecule has 0 bridgehead atoms. The van der Waals surface area contributed by atoms with Gasteiger partial charge >= 0.3 is 0 Å². The molecule has 0 aliphatic carbocycles. The van der Waals surface area contributed by atoms with Crippen LogP contribution in [-0.2, 0) is 21.5 Å². The third kappa shape index (κ3) is 2.65. The summed E-state index contributed by atoms with van der Waals surface area (Å²) in [6, 6.07) is 11.6. The zero-order valence-corrected chi connectivity index (χ0v) is 13.5. The van der Waals surface area contributed by atoms with E-state index in [-0.39, 0.29) is 18.2 Å². The molecule has 0 spiro atoms. The van der Waals surface area contributed by atoms with Gasteiger partial charge in [0, 0.05) is 18.8 Å². The number of carbonyl (C=O) groups excluding carboxylic acids is 2. The van der Waals surface area contributed by atoms with Crippen molar-refractivity contribution in [2.75, 3.05) is 0 Å². The summed E-state index contributed by atoms with van der Waals surface area (Å²) in [5.41, 5.74) is 2.21. The van der Waals surface area contributed by atoms with Crippen molar-refractivity contribution in [2.45, 2.75) is 38.6 Å². The molecule has 2 aromatic rings. The number of amides is 2. The highest BCUT2D eigenvalue weighted by atomic mass is 16.2. The van der Waals surface area contributed by atoms with E-state index >= 15 is 0 Å². The number of aryl methyl sites for hydroxylation is 1. The molecular formula is C19H20N2O2. The average molecular weight is 308 g/mol.